The van der Waals surface area contributed by atoms with Gasteiger partial charge >= 0.3 is 5.97 Å². The normalized spacial score (nSPS) is 13.0. The van der Waals surface area contributed by atoms with E-state index in [9.17, 15) is 4.79 Å². The van der Waals surface area contributed by atoms with Crippen molar-refractivity contribution in [1.82, 2.24) is 0 Å². The maximum absolute atomic E-state index is 10.9. The first-order chi connectivity index (χ1) is 9.74. The number of benzene rings is 1. The van der Waals surface area contributed by atoms with Crippen molar-refractivity contribution in [3.05, 3.63) is 29.3 Å². The van der Waals surface area contributed by atoms with Gasteiger partial charge in [-0.05, 0) is 57.1 Å². The standard InChI is InChI=1S/C16H25NO3S/c1-11-6-7-12(2)13(10-11)20-8-5-9-21-16(3,4)14(17)15(18)19/h6-7,10,14H,5,8-9,17H2,1-4H3,(H,18,19)/t14-/m0/s1. The number of thioether (sulfide) groups is 1. The van der Waals surface area contributed by atoms with E-state index in [-0.39, 0.29) is 0 Å². The van der Waals surface area contributed by atoms with E-state index in [1.807, 2.05) is 33.8 Å². The zero-order valence-electron chi connectivity index (χ0n) is 13.2. The summed E-state index contributed by atoms with van der Waals surface area (Å²) in [5, 5.41) is 8.96. The quantitative estimate of drug-likeness (QED) is 0.722. The third kappa shape index (κ3) is 5.59. The lowest BCUT2D eigenvalue weighted by Crippen LogP contribution is -2.46. The number of ether oxygens (including phenoxy) is 1. The molecular formula is C16H25NO3S. The first-order valence-electron chi connectivity index (χ1n) is 7.06. The Hall–Kier alpha value is -1.20. The van der Waals surface area contributed by atoms with Crippen LogP contribution in [0.5, 0.6) is 5.75 Å². The van der Waals surface area contributed by atoms with Gasteiger partial charge in [-0.15, -0.1) is 0 Å². The Kier molecular flexibility index (Phi) is 6.55. The molecule has 0 spiro atoms. The predicted octanol–water partition coefficient (Wildman–Crippen LogP) is 3.00. The van der Waals surface area contributed by atoms with Crippen LogP contribution in [0.4, 0.5) is 0 Å². The van der Waals surface area contributed by atoms with Crippen LogP contribution in [0.15, 0.2) is 18.2 Å². The lowest BCUT2D eigenvalue weighted by Gasteiger charge is -2.27. The van der Waals surface area contributed by atoms with E-state index in [4.69, 9.17) is 15.6 Å². The van der Waals surface area contributed by atoms with Gasteiger partial charge in [-0.25, -0.2) is 0 Å². The average molecular weight is 311 g/mol. The summed E-state index contributed by atoms with van der Waals surface area (Å²) in [6, 6.07) is 5.29. The SMILES string of the molecule is Cc1ccc(C)c(OCCCSC(C)(C)[C@@H](N)C(=O)O)c1. The molecule has 0 amide bonds. The Morgan fingerprint density at radius 2 is 2.10 bits per heavy atom. The number of hydrogen-bond donors (Lipinski definition) is 2. The molecule has 0 unspecified atom stereocenters. The molecular weight excluding hydrogens is 286 g/mol. The van der Waals surface area contributed by atoms with Crippen molar-refractivity contribution in [3.8, 4) is 5.75 Å². The minimum absolute atomic E-state index is 0.481. The molecule has 5 heteroatoms. The van der Waals surface area contributed by atoms with Gasteiger partial charge in [-0.3, -0.25) is 4.79 Å². The lowest BCUT2D eigenvalue weighted by atomic mass is 10.1. The highest BCUT2D eigenvalue weighted by Gasteiger charge is 2.32. The van der Waals surface area contributed by atoms with Crippen LogP contribution in [0.2, 0.25) is 0 Å². The third-order valence-electron chi connectivity index (χ3n) is 3.38. The van der Waals surface area contributed by atoms with Crippen molar-refractivity contribution in [1.29, 1.82) is 0 Å². The van der Waals surface area contributed by atoms with Gasteiger partial charge in [0, 0.05) is 4.75 Å². The Labute approximate surface area is 131 Å². The van der Waals surface area contributed by atoms with Crippen LogP contribution in [-0.4, -0.2) is 34.2 Å². The van der Waals surface area contributed by atoms with E-state index >= 15 is 0 Å². The molecule has 21 heavy (non-hydrogen) atoms. The van der Waals surface area contributed by atoms with E-state index < -0.39 is 16.8 Å². The van der Waals surface area contributed by atoms with Crippen molar-refractivity contribution in [2.45, 2.75) is 44.9 Å². The molecule has 0 saturated heterocycles. The van der Waals surface area contributed by atoms with Gasteiger partial charge in [0.2, 0.25) is 0 Å². The molecule has 4 nitrogen and oxygen atoms in total. The summed E-state index contributed by atoms with van der Waals surface area (Å²) in [7, 11) is 0. The van der Waals surface area contributed by atoms with Crippen LogP contribution in [0.1, 0.15) is 31.4 Å². The highest BCUT2D eigenvalue weighted by atomic mass is 32.2. The summed E-state index contributed by atoms with van der Waals surface area (Å²) < 4.78 is 5.30. The van der Waals surface area contributed by atoms with Crippen molar-refractivity contribution in [3.63, 3.8) is 0 Å². The number of rotatable bonds is 8. The molecule has 0 aromatic heterocycles. The van der Waals surface area contributed by atoms with Gasteiger partial charge in [0.05, 0.1) is 6.61 Å². The number of aliphatic carboxylic acids is 1. The summed E-state index contributed by atoms with van der Waals surface area (Å²) >= 11 is 1.57. The summed E-state index contributed by atoms with van der Waals surface area (Å²) in [4.78, 5) is 10.9. The molecule has 0 saturated carbocycles. The molecule has 1 atom stereocenters. The van der Waals surface area contributed by atoms with Crippen molar-refractivity contribution >= 4 is 17.7 Å². The minimum Gasteiger partial charge on any atom is -0.493 e. The predicted molar refractivity (Wildman–Crippen MR) is 88.2 cm³/mol. The first kappa shape index (κ1) is 17.9. The maximum atomic E-state index is 10.9. The molecule has 1 aromatic carbocycles. The topological polar surface area (TPSA) is 72.5 Å². The molecule has 0 bridgehead atoms. The summed E-state index contributed by atoms with van der Waals surface area (Å²) in [6.45, 7) is 8.41. The number of carboxylic acid groups (broad SMARTS) is 1. The van der Waals surface area contributed by atoms with E-state index in [0.717, 1.165) is 23.5 Å². The summed E-state index contributed by atoms with van der Waals surface area (Å²) in [5.74, 6) is 0.777. The van der Waals surface area contributed by atoms with Gasteiger partial charge in [0.15, 0.2) is 0 Å². The lowest BCUT2D eigenvalue weighted by molar-refractivity contribution is -0.139. The Morgan fingerprint density at radius 1 is 1.43 bits per heavy atom. The van der Waals surface area contributed by atoms with E-state index in [1.54, 1.807) is 11.8 Å². The fourth-order valence-electron chi connectivity index (χ4n) is 1.83. The number of nitrogens with two attached hydrogens (primary N) is 1. The molecule has 118 valence electrons. The van der Waals surface area contributed by atoms with Crippen LogP contribution in [0.3, 0.4) is 0 Å². The van der Waals surface area contributed by atoms with Crippen LogP contribution in [0, 0.1) is 13.8 Å². The average Bonchev–Trinajstić information content (AvgIpc) is 2.41. The van der Waals surface area contributed by atoms with Crippen LogP contribution in [-0.2, 0) is 4.79 Å². The molecule has 0 radical (unpaired) electrons. The molecule has 0 fully saturated rings. The van der Waals surface area contributed by atoms with E-state index in [1.165, 1.54) is 5.56 Å². The van der Waals surface area contributed by atoms with Gasteiger partial charge in [-0.1, -0.05) is 12.1 Å². The maximum Gasteiger partial charge on any atom is 0.321 e. The van der Waals surface area contributed by atoms with Crippen molar-refractivity contribution in [2.75, 3.05) is 12.4 Å². The summed E-state index contributed by atoms with van der Waals surface area (Å²) in [5.41, 5.74) is 7.99. The Balaban J connectivity index is 2.35. The Bertz CT molecular complexity index is 488. The van der Waals surface area contributed by atoms with Gasteiger partial charge < -0.3 is 15.6 Å². The monoisotopic (exact) mass is 311 g/mol. The van der Waals surface area contributed by atoms with Crippen LogP contribution >= 0.6 is 11.8 Å². The molecule has 0 aliphatic rings. The van der Waals surface area contributed by atoms with E-state index in [2.05, 4.69) is 12.1 Å². The number of carboxylic acids is 1. The smallest absolute Gasteiger partial charge is 0.321 e. The third-order valence-corrected chi connectivity index (χ3v) is 4.87. The molecule has 1 rings (SSSR count). The van der Waals surface area contributed by atoms with Crippen LogP contribution < -0.4 is 10.5 Å². The minimum atomic E-state index is -0.959. The van der Waals surface area contributed by atoms with E-state index in [0.29, 0.717) is 6.61 Å². The Morgan fingerprint density at radius 3 is 2.71 bits per heavy atom. The fourth-order valence-corrected chi connectivity index (χ4v) is 2.89. The van der Waals surface area contributed by atoms with Crippen LogP contribution in [0.25, 0.3) is 0 Å². The number of hydrogen-bond acceptors (Lipinski definition) is 4. The molecule has 1 aromatic rings. The zero-order valence-corrected chi connectivity index (χ0v) is 14.0. The number of carbonyl (C=O) groups is 1. The molecule has 0 aliphatic carbocycles. The second kappa shape index (κ2) is 7.71. The summed E-state index contributed by atoms with van der Waals surface area (Å²) in [6.07, 6.45) is 0.855. The fraction of sp³-hybridized carbons (Fsp3) is 0.562. The van der Waals surface area contributed by atoms with Crippen molar-refractivity contribution in [2.24, 2.45) is 5.73 Å². The number of aryl methyl sites for hydroxylation is 2. The van der Waals surface area contributed by atoms with Gasteiger partial charge in [0.25, 0.3) is 0 Å². The zero-order chi connectivity index (χ0) is 16.0. The van der Waals surface area contributed by atoms with Gasteiger partial charge in [-0.2, -0.15) is 11.8 Å². The second-order valence-corrected chi connectivity index (χ2v) is 7.49. The molecule has 3 N–H and O–H groups in total. The van der Waals surface area contributed by atoms with Gasteiger partial charge in [0.1, 0.15) is 11.8 Å². The first-order valence-corrected chi connectivity index (χ1v) is 8.05. The largest absolute Gasteiger partial charge is 0.493 e. The molecule has 0 aliphatic heterocycles. The second-order valence-electron chi connectivity index (χ2n) is 5.74. The highest BCUT2D eigenvalue weighted by Crippen LogP contribution is 2.28. The highest BCUT2D eigenvalue weighted by molar-refractivity contribution is 8.00. The molecule has 0 heterocycles. The van der Waals surface area contributed by atoms with Crippen molar-refractivity contribution < 1.29 is 14.6 Å².